The second kappa shape index (κ2) is 7.39. The number of benzene rings is 1. The maximum atomic E-state index is 5.94. The van der Waals surface area contributed by atoms with Crippen LogP contribution in [0.4, 0.5) is 11.8 Å². The Morgan fingerprint density at radius 3 is 2.50 bits per heavy atom. The van der Waals surface area contributed by atoms with Gasteiger partial charge in [-0.2, -0.15) is 4.98 Å². The van der Waals surface area contributed by atoms with E-state index in [0.717, 1.165) is 54.0 Å². The van der Waals surface area contributed by atoms with Crippen LogP contribution < -0.4 is 10.2 Å². The summed E-state index contributed by atoms with van der Waals surface area (Å²) in [7, 11) is 0. The van der Waals surface area contributed by atoms with Crippen LogP contribution in [0, 0.1) is 6.92 Å². The van der Waals surface area contributed by atoms with Gasteiger partial charge in [0.1, 0.15) is 5.82 Å². The lowest BCUT2D eigenvalue weighted by molar-refractivity contribution is -0.169. The first-order valence-electron chi connectivity index (χ1n) is 8.99. The molecule has 0 bridgehead atoms. The molecule has 2 aliphatic heterocycles. The van der Waals surface area contributed by atoms with Gasteiger partial charge in [-0.1, -0.05) is 23.7 Å². The van der Waals surface area contributed by atoms with E-state index in [-0.39, 0.29) is 5.79 Å². The standard InChI is InChI=1S/C19H23ClN4O2/c1-14-12-17(21-13-15-2-4-16(20)5-3-15)23-18(22-14)24-8-6-19(7-9-24)25-10-11-26-19/h2-5,12H,6-11,13H2,1H3,(H,21,22,23). The van der Waals surface area contributed by atoms with Gasteiger partial charge in [0.05, 0.1) is 13.2 Å². The highest BCUT2D eigenvalue weighted by Crippen LogP contribution is 2.32. The Kier molecular flexibility index (Phi) is 4.98. The lowest BCUT2D eigenvalue weighted by Gasteiger charge is -2.37. The Morgan fingerprint density at radius 2 is 1.81 bits per heavy atom. The summed E-state index contributed by atoms with van der Waals surface area (Å²) in [4.78, 5) is 11.5. The van der Waals surface area contributed by atoms with Gasteiger partial charge in [-0.05, 0) is 24.6 Å². The number of piperidine rings is 1. The van der Waals surface area contributed by atoms with E-state index in [9.17, 15) is 0 Å². The number of nitrogens with one attached hydrogen (secondary N) is 1. The molecule has 0 unspecified atom stereocenters. The molecule has 2 fully saturated rings. The van der Waals surface area contributed by atoms with E-state index in [4.69, 9.17) is 26.1 Å². The van der Waals surface area contributed by atoms with E-state index in [1.165, 1.54) is 0 Å². The molecule has 6 nitrogen and oxygen atoms in total. The Bertz CT molecular complexity index is 753. The fourth-order valence-electron chi connectivity index (χ4n) is 3.41. The van der Waals surface area contributed by atoms with E-state index in [2.05, 4.69) is 15.2 Å². The molecule has 0 atom stereocenters. The maximum Gasteiger partial charge on any atom is 0.227 e. The zero-order valence-electron chi connectivity index (χ0n) is 14.9. The van der Waals surface area contributed by atoms with Crippen LogP contribution in [0.25, 0.3) is 0 Å². The monoisotopic (exact) mass is 374 g/mol. The minimum Gasteiger partial charge on any atom is -0.366 e. The molecular weight excluding hydrogens is 352 g/mol. The normalized spacial score (nSPS) is 19.1. The molecule has 26 heavy (non-hydrogen) atoms. The predicted octanol–water partition coefficient (Wildman–Crippen LogP) is 3.39. The number of nitrogens with zero attached hydrogens (tertiary/aromatic N) is 3. The first-order chi connectivity index (χ1) is 12.6. The summed E-state index contributed by atoms with van der Waals surface area (Å²) in [6, 6.07) is 9.78. The van der Waals surface area contributed by atoms with Crippen LogP contribution in [0.1, 0.15) is 24.1 Å². The van der Waals surface area contributed by atoms with E-state index in [1.807, 2.05) is 37.3 Å². The zero-order chi connectivity index (χ0) is 18.0. The number of hydrogen-bond acceptors (Lipinski definition) is 6. The second-order valence-corrected chi connectivity index (χ2v) is 7.21. The third kappa shape index (κ3) is 3.92. The highest BCUT2D eigenvalue weighted by atomic mass is 35.5. The summed E-state index contributed by atoms with van der Waals surface area (Å²) in [5, 5.41) is 4.12. The van der Waals surface area contributed by atoms with Gasteiger partial charge in [-0.15, -0.1) is 0 Å². The lowest BCUT2D eigenvalue weighted by atomic mass is 10.0. The summed E-state index contributed by atoms with van der Waals surface area (Å²) < 4.78 is 11.6. The third-order valence-corrected chi connectivity index (χ3v) is 5.10. The molecule has 1 spiro atoms. The van der Waals surface area contributed by atoms with Gasteiger partial charge < -0.3 is 19.7 Å². The van der Waals surface area contributed by atoms with Crippen molar-refractivity contribution in [3.05, 3.63) is 46.6 Å². The van der Waals surface area contributed by atoms with Gasteiger partial charge in [0.15, 0.2) is 5.79 Å². The van der Waals surface area contributed by atoms with Crippen molar-refractivity contribution in [1.82, 2.24) is 9.97 Å². The van der Waals surface area contributed by atoms with Crippen molar-refractivity contribution in [1.29, 1.82) is 0 Å². The minimum absolute atomic E-state index is 0.379. The Labute approximate surface area is 158 Å². The van der Waals surface area contributed by atoms with E-state index < -0.39 is 0 Å². The smallest absolute Gasteiger partial charge is 0.227 e. The topological polar surface area (TPSA) is 59.5 Å². The quantitative estimate of drug-likeness (QED) is 0.885. The fourth-order valence-corrected chi connectivity index (χ4v) is 3.54. The van der Waals surface area contributed by atoms with Crippen LogP contribution >= 0.6 is 11.6 Å². The molecule has 2 aromatic rings. The average Bonchev–Trinajstić information content (AvgIpc) is 3.09. The number of aromatic nitrogens is 2. The second-order valence-electron chi connectivity index (χ2n) is 6.77. The van der Waals surface area contributed by atoms with Crippen LogP contribution in [0.2, 0.25) is 5.02 Å². The minimum atomic E-state index is -0.379. The molecule has 7 heteroatoms. The molecule has 2 aliphatic rings. The zero-order valence-corrected chi connectivity index (χ0v) is 15.6. The molecule has 3 heterocycles. The van der Waals surface area contributed by atoms with Crippen molar-refractivity contribution in [2.45, 2.75) is 32.1 Å². The largest absolute Gasteiger partial charge is 0.366 e. The Morgan fingerprint density at radius 1 is 1.12 bits per heavy atom. The molecule has 1 aromatic carbocycles. The Balaban J connectivity index is 1.42. The summed E-state index contributed by atoms with van der Waals surface area (Å²) in [6.45, 7) is 5.74. The highest BCUT2D eigenvalue weighted by Gasteiger charge is 2.40. The predicted molar refractivity (Wildman–Crippen MR) is 102 cm³/mol. The van der Waals surface area contributed by atoms with E-state index in [0.29, 0.717) is 19.8 Å². The average molecular weight is 375 g/mol. The SMILES string of the molecule is Cc1cc(NCc2ccc(Cl)cc2)nc(N2CCC3(CC2)OCCO3)n1. The van der Waals surface area contributed by atoms with Crippen LogP contribution in [-0.4, -0.2) is 42.1 Å². The van der Waals surface area contributed by atoms with Crippen molar-refractivity contribution in [3.8, 4) is 0 Å². The molecule has 0 aliphatic carbocycles. The number of ether oxygens (including phenoxy) is 2. The molecular formula is C19H23ClN4O2. The first kappa shape index (κ1) is 17.5. The number of halogens is 1. The molecule has 1 aromatic heterocycles. The molecule has 0 amide bonds. The molecule has 2 saturated heterocycles. The van der Waals surface area contributed by atoms with E-state index >= 15 is 0 Å². The van der Waals surface area contributed by atoms with Crippen LogP contribution in [-0.2, 0) is 16.0 Å². The summed E-state index contributed by atoms with van der Waals surface area (Å²) in [5.74, 6) is 1.21. The number of anilines is 2. The van der Waals surface area contributed by atoms with Crippen LogP contribution in [0.15, 0.2) is 30.3 Å². The van der Waals surface area contributed by atoms with Gasteiger partial charge in [0, 0.05) is 49.3 Å². The van der Waals surface area contributed by atoms with Gasteiger partial charge >= 0.3 is 0 Å². The van der Waals surface area contributed by atoms with E-state index in [1.54, 1.807) is 0 Å². The Hall–Kier alpha value is -1.89. The molecule has 0 saturated carbocycles. The van der Waals surface area contributed by atoms with Crippen molar-refractivity contribution in [2.75, 3.05) is 36.5 Å². The number of aryl methyl sites for hydroxylation is 1. The lowest BCUT2D eigenvalue weighted by Crippen LogP contribution is -2.45. The fraction of sp³-hybridized carbons (Fsp3) is 0.474. The summed E-state index contributed by atoms with van der Waals surface area (Å²) in [6.07, 6.45) is 1.69. The third-order valence-electron chi connectivity index (χ3n) is 4.85. The number of rotatable bonds is 4. The van der Waals surface area contributed by atoms with Gasteiger partial charge in [0.25, 0.3) is 0 Å². The van der Waals surface area contributed by atoms with Crippen molar-refractivity contribution in [3.63, 3.8) is 0 Å². The number of hydrogen-bond donors (Lipinski definition) is 1. The van der Waals surface area contributed by atoms with Crippen molar-refractivity contribution >= 4 is 23.4 Å². The summed E-state index contributed by atoms with van der Waals surface area (Å²) >= 11 is 5.94. The van der Waals surface area contributed by atoms with Gasteiger partial charge in [-0.3, -0.25) is 0 Å². The first-order valence-corrected chi connectivity index (χ1v) is 9.37. The maximum absolute atomic E-state index is 5.94. The van der Waals surface area contributed by atoms with Crippen LogP contribution in [0.5, 0.6) is 0 Å². The van der Waals surface area contributed by atoms with Crippen LogP contribution in [0.3, 0.4) is 0 Å². The highest BCUT2D eigenvalue weighted by molar-refractivity contribution is 6.30. The molecule has 138 valence electrons. The van der Waals surface area contributed by atoms with Crippen molar-refractivity contribution < 1.29 is 9.47 Å². The molecule has 4 rings (SSSR count). The molecule has 1 N–H and O–H groups in total. The van der Waals surface area contributed by atoms with Gasteiger partial charge in [0.2, 0.25) is 5.95 Å². The summed E-state index contributed by atoms with van der Waals surface area (Å²) in [5.41, 5.74) is 2.10. The molecule has 0 radical (unpaired) electrons. The van der Waals surface area contributed by atoms with Gasteiger partial charge in [-0.25, -0.2) is 4.98 Å². The van der Waals surface area contributed by atoms with Crippen molar-refractivity contribution in [2.24, 2.45) is 0 Å².